The lowest BCUT2D eigenvalue weighted by molar-refractivity contribution is -0.141. The number of esters is 2. The average Bonchev–Trinajstić information content (AvgIpc) is 2.02. The molecule has 14 heavy (non-hydrogen) atoms. The lowest BCUT2D eigenvalue weighted by Crippen LogP contribution is -2.02. The van der Waals surface area contributed by atoms with Crippen LogP contribution < -0.4 is 0 Å². The van der Waals surface area contributed by atoms with Gasteiger partial charge in [-0.15, -0.1) is 0 Å². The molecule has 0 aromatic rings. The molecule has 0 rings (SSSR count). The van der Waals surface area contributed by atoms with Crippen LogP contribution in [0, 0.1) is 0 Å². The Hall–Kier alpha value is -1.32. The molecule has 0 aromatic heterocycles. The minimum absolute atomic E-state index is 0.279. The van der Waals surface area contributed by atoms with E-state index in [1.165, 1.54) is 13.8 Å². The highest BCUT2D eigenvalue weighted by molar-refractivity contribution is 5.66. The first-order chi connectivity index (χ1) is 6.52. The Labute approximate surface area is 83.9 Å². The zero-order valence-corrected chi connectivity index (χ0v) is 8.83. The van der Waals surface area contributed by atoms with Crippen molar-refractivity contribution in [2.75, 3.05) is 13.2 Å². The van der Waals surface area contributed by atoms with Crippen molar-refractivity contribution in [3.8, 4) is 0 Å². The molecule has 4 heteroatoms. The maximum atomic E-state index is 10.4. The first-order valence-corrected chi connectivity index (χ1v) is 4.44. The molecule has 0 spiro atoms. The maximum Gasteiger partial charge on any atom is 0.302 e. The van der Waals surface area contributed by atoms with E-state index in [0.29, 0.717) is 13.0 Å². The molecule has 0 fully saturated rings. The molecule has 0 amide bonds. The fraction of sp³-hybridized carbons (Fsp3) is 0.600. The van der Waals surface area contributed by atoms with E-state index in [4.69, 9.17) is 9.47 Å². The van der Waals surface area contributed by atoms with Crippen LogP contribution >= 0.6 is 0 Å². The minimum Gasteiger partial charge on any atom is -0.466 e. The Bertz CT molecular complexity index is 230. The van der Waals surface area contributed by atoms with Gasteiger partial charge >= 0.3 is 11.9 Å². The van der Waals surface area contributed by atoms with Crippen LogP contribution in [0.25, 0.3) is 0 Å². The molecule has 0 aliphatic carbocycles. The van der Waals surface area contributed by atoms with Crippen LogP contribution in [0.5, 0.6) is 0 Å². The average molecular weight is 200 g/mol. The molecule has 0 N–H and O–H groups in total. The topological polar surface area (TPSA) is 52.6 Å². The van der Waals surface area contributed by atoms with Gasteiger partial charge in [-0.2, -0.15) is 0 Å². The SMILES string of the molecule is CC(=O)OCC=C(C)CCOC(C)=O. The Balaban J connectivity index is 3.56. The van der Waals surface area contributed by atoms with Gasteiger partial charge in [0.2, 0.25) is 0 Å². The first-order valence-electron chi connectivity index (χ1n) is 4.44. The predicted molar refractivity (Wildman–Crippen MR) is 51.6 cm³/mol. The molecule has 0 bridgehead atoms. The van der Waals surface area contributed by atoms with Crippen LogP contribution in [0.15, 0.2) is 11.6 Å². The first kappa shape index (κ1) is 12.7. The van der Waals surface area contributed by atoms with E-state index >= 15 is 0 Å². The molecule has 4 nitrogen and oxygen atoms in total. The van der Waals surface area contributed by atoms with Crippen molar-refractivity contribution in [3.05, 3.63) is 11.6 Å². The van der Waals surface area contributed by atoms with Gasteiger partial charge in [-0.05, 0) is 13.0 Å². The zero-order chi connectivity index (χ0) is 11.0. The number of carbonyl (C=O) groups is 2. The summed E-state index contributed by atoms with van der Waals surface area (Å²) in [6.07, 6.45) is 2.46. The standard InChI is InChI=1S/C10H16O4/c1-8(4-6-13-9(2)11)5-7-14-10(3)12/h4H,5-7H2,1-3H3. The lowest BCUT2D eigenvalue weighted by atomic mass is 10.2. The normalized spacial score (nSPS) is 10.9. The smallest absolute Gasteiger partial charge is 0.302 e. The van der Waals surface area contributed by atoms with Crippen molar-refractivity contribution < 1.29 is 19.1 Å². The molecule has 0 unspecified atom stereocenters. The molecule has 0 saturated heterocycles. The number of hydrogen-bond acceptors (Lipinski definition) is 4. The summed E-state index contributed by atoms with van der Waals surface area (Å²) in [7, 11) is 0. The Morgan fingerprint density at radius 2 is 1.64 bits per heavy atom. The molecule has 0 radical (unpaired) electrons. The van der Waals surface area contributed by atoms with Crippen molar-refractivity contribution in [3.63, 3.8) is 0 Å². The monoisotopic (exact) mass is 200 g/mol. The minimum atomic E-state index is -0.297. The van der Waals surface area contributed by atoms with Crippen LogP contribution in [-0.2, 0) is 19.1 Å². The molecule has 0 heterocycles. The van der Waals surface area contributed by atoms with Gasteiger partial charge in [0.05, 0.1) is 6.61 Å². The van der Waals surface area contributed by atoms with Crippen molar-refractivity contribution in [1.29, 1.82) is 0 Å². The van der Waals surface area contributed by atoms with E-state index in [0.717, 1.165) is 5.57 Å². The van der Waals surface area contributed by atoms with Gasteiger partial charge in [-0.3, -0.25) is 9.59 Å². The van der Waals surface area contributed by atoms with Gasteiger partial charge in [-0.1, -0.05) is 5.57 Å². The summed E-state index contributed by atoms with van der Waals surface area (Å²) in [4.78, 5) is 20.8. The number of hydrogen-bond donors (Lipinski definition) is 0. The van der Waals surface area contributed by atoms with Gasteiger partial charge in [-0.25, -0.2) is 0 Å². The van der Waals surface area contributed by atoms with E-state index < -0.39 is 0 Å². The summed E-state index contributed by atoms with van der Waals surface area (Å²) in [5, 5.41) is 0. The fourth-order valence-corrected chi connectivity index (χ4v) is 0.759. The highest BCUT2D eigenvalue weighted by Crippen LogP contribution is 2.00. The Morgan fingerprint density at radius 3 is 2.14 bits per heavy atom. The van der Waals surface area contributed by atoms with E-state index in [1.807, 2.05) is 6.92 Å². The molecule has 0 aliphatic heterocycles. The second-order valence-electron chi connectivity index (χ2n) is 2.94. The summed E-state index contributed by atoms with van der Waals surface area (Å²) in [5.74, 6) is -0.577. The largest absolute Gasteiger partial charge is 0.466 e. The summed E-state index contributed by atoms with van der Waals surface area (Å²) in [5.41, 5.74) is 1.03. The molecule has 0 aromatic carbocycles. The molecule has 0 aliphatic rings. The molecular formula is C10H16O4. The second-order valence-corrected chi connectivity index (χ2v) is 2.94. The van der Waals surface area contributed by atoms with Crippen LogP contribution in [0.3, 0.4) is 0 Å². The van der Waals surface area contributed by atoms with Gasteiger partial charge < -0.3 is 9.47 Å². The van der Waals surface area contributed by atoms with Gasteiger partial charge in [0.25, 0.3) is 0 Å². The number of rotatable bonds is 5. The Morgan fingerprint density at radius 1 is 1.07 bits per heavy atom. The third kappa shape index (κ3) is 8.77. The van der Waals surface area contributed by atoms with Crippen molar-refractivity contribution in [2.45, 2.75) is 27.2 Å². The molecule has 80 valence electrons. The zero-order valence-electron chi connectivity index (χ0n) is 8.83. The lowest BCUT2D eigenvalue weighted by Gasteiger charge is -2.02. The molecule has 0 atom stereocenters. The molecule has 0 saturated carbocycles. The van der Waals surface area contributed by atoms with E-state index in [2.05, 4.69) is 0 Å². The summed E-state index contributed by atoms with van der Waals surface area (Å²) >= 11 is 0. The van der Waals surface area contributed by atoms with Crippen LogP contribution in [-0.4, -0.2) is 25.2 Å². The summed E-state index contributed by atoms with van der Waals surface area (Å²) in [6.45, 7) is 5.28. The van der Waals surface area contributed by atoms with Gasteiger partial charge in [0.1, 0.15) is 6.61 Å². The van der Waals surface area contributed by atoms with Crippen LogP contribution in [0.4, 0.5) is 0 Å². The predicted octanol–water partition coefficient (Wildman–Crippen LogP) is 1.45. The van der Waals surface area contributed by atoms with Crippen LogP contribution in [0.1, 0.15) is 27.2 Å². The Kier molecular flexibility index (Phi) is 6.45. The third-order valence-corrected chi connectivity index (χ3v) is 1.52. The van der Waals surface area contributed by atoms with Crippen molar-refractivity contribution in [1.82, 2.24) is 0 Å². The highest BCUT2D eigenvalue weighted by atomic mass is 16.5. The number of ether oxygens (including phenoxy) is 2. The van der Waals surface area contributed by atoms with Crippen molar-refractivity contribution >= 4 is 11.9 Å². The summed E-state index contributed by atoms with van der Waals surface area (Å²) < 4.78 is 9.47. The van der Waals surface area contributed by atoms with Crippen molar-refractivity contribution in [2.24, 2.45) is 0 Å². The maximum absolute atomic E-state index is 10.4. The second kappa shape index (κ2) is 7.12. The number of carbonyl (C=O) groups excluding carboxylic acids is 2. The van der Waals surface area contributed by atoms with E-state index in [1.54, 1.807) is 6.08 Å². The van der Waals surface area contributed by atoms with Crippen LogP contribution in [0.2, 0.25) is 0 Å². The van der Waals surface area contributed by atoms with Gasteiger partial charge in [0, 0.05) is 20.3 Å². The fourth-order valence-electron chi connectivity index (χ4n) is 0.759. The van der Waals surface area contributed by atoms with E-state index in [-0.39, 0.29) is 18.5 Å². The summed E-state index contributed by atoms with van der Waals surface area (Å²) in [6, 6.07) is 0. The van der Waals surface area contributed by atoms with E-state index in [9.17, 15) is 9.59 Å². The highest BCUT2D eigenvalue weighted by Gasteiger charge is 1.95. The molecular weight excluding hydrogens is 184 g/mol. The van der Waals surface area contributed by atoms with Gasteiger partial charge in [0.15, 0.2) is 0 Å². The quantitative estimate of drug-likeness (QED) is 0.498. The third-order valence-electron chi connectivity index (χ3n) is 1.52.